The van der Waals surface area contributed by atoms with Crippen LogP contribution in [0.4, 0.5) is 0 Å². The Morgan fingerprint density at radius 2 is 2.13 bits per heavy atom. The lowest BCUT2D eigenvalue weighted by Crippen LogP contribution is -2.13. The maximum Gasteiger partial charge on any atom is 0.133 e. The summed E-state index contributed by atoms with van der Waals surface area (Å²) in [7, 11) is 1.93. The van der Waals surface area contributed by atoms with E-state index in [2.05, 4.69) is 34.0 Å². The van der Waals surface area contributed by atoms with Crippen molar-refractivity contribution in [3.63, 3.8) is 0 Å². The molecule has 0 saturated carbocycles. The quantitative estimate of drug-likeness (QED) is 0.822. The van der Waals surface area contributed by atoms with Crippen LogP contribution in [0.5, 0.6) is 5.75 Å². The highest BCUT2D eigenvalue weighted by Gasteiger charge is 2.18. The molecule has 82 valence electrons. The molecular weight excluding hydrogens is 301 g/mol. The van der Waals surface area contributed by atoms with Crippen LogP contribution in [-0.4, -0.2) is 12.2 Å². The van der Waals surface area contributed by atoms with Crippen LogP contribution in [0.25, 0.3) is 0 Å². The van der Waals surface area contributed by atoms with Gasteiger partial charge in [-0.2, -0.15) is 0 Å². The number of halogens is 1. The van der Waals surface area contributed by atoms with Crippen molar-refractivity contribution in [2.24, 2.45) is 0 Å². The van der Waals surface area contributed by atoms with E-state index in [1.807, 2.05) is 7.05 Å². The molecule has 0 fully saturated rings. The molecule has 0 spiro atoms. The molecule has 0 amide bonds. The van der Waals surface area contributed by atoms with Crippen LogP contribution in [0.3, 0.4) is 0 Å². The number of phenols is 1. The summed E-state index contributed by atoms with van der Waals surface area (Å²) in [4.78, 5) is 0. The smallest absolute Gasteiger partial charge is 0.133 e. The maximum atomic E-state index is 10.0. The topological polar surface area (TPSA) is 32.3 Å². The zero-order valence-electron chi connectivity index (χ0n) is 8.94. The highest BCUT2D eigenvalue weighted by molar-refractivity contribution is 14.1. The Bertz CT molecular complexity index is 376. The van der Waals surface area contributed by atoms with E-state index in [1.165, 1.54) is 30.4 Å². The molecule has 2 rings (SSSR count). The molecule has 3 heteroatoms. The second-order valence-corrected chi connectivity index (χ2v) is 5.22. The standard InChI is InChI=1S/C12H16INO/c1-14-7-10-9-5-3-2-4-8(9)6-11(13)12(10)15/h6,14-15H,2-5,7H2,1H3. The molecule has 0 heterocycles. The average Bonchev–Trinajstić information content (AvgIpc) is 2.25. The van der Waals surface area contributed by atoms with Crippen molar-refractivity contribution in [2.75, 3.05) is 7.05 Å². The lowest BCUT2D eigenvalue weighted by Gasteiger charge is -2.21. The Morgan fingerprint density at radius 1 is 1.40 bits per heavy atom. The third kappa shape index (κ3) is 2.13. The summed E-state index contributed by atoms with van der Waals surface area (Å²) >= 11 is 2.22. The summed E-state index contributed by atoms with van der Waals surface area (Å²) in [5, 5.41) is 13.2. The normalized spacial score (nSPS) is 15.1. The number of hydrogen-bond donors (Lipinski definition) is 2. The van der Waals surface area contributed by atoms with E-state index in [9.17, 15) is 5.11 Å². The highest BCUT2D eigenvalue weighted by atomic mass is 127. The monoisotopic (exact) mass is 317 g/mol. The van der Waals surface area contributed by atoms with Crippen LogP contribution in [0.2, 0.25) is 0 Å². The number of hydrogen-bond acceptors (Lipinski definition) is 2. The van der Waals surface area contributed by atoms with Gasteiger partial charge in [0, 0.05) is 12.1 Å². The molecule has 1 aliphatic carbocycles. The van der Waals surface area contributed by atoms with E-state index < -0.39 is 0 Å². The number of aryl methyl sites for hydroxylation is 1. The Kier molecular flexibility index (Phi) is 3.51. The summed E-state index contributed by atoms with van der Waals surface area (Å²) < 4.78 is 0.985. The number of nitrogens with one attached hydrogen (secondary N) is 1. The summed E-state index contributed by atoms with van der Waals surface area (Å²) in [5.74, 6) is 0.477. The molecule has 1 aromatic carbocycles. The summed E-state index contributed by atoms with van der Waals surface area (Å²) in [6, 6.07) is 2.14. The van der Waals surface area contributed by atoms with Crippen molar-refractivity contribution in [3.05, 3.63) is 26.3 Å². The average molecular weight is 317 g/mol. The van der Waals surface area contributed by atoms with Crippen LogP contribution in [-0.2, 0) is 19.4 Å². The predicted octanol–water partition coefficient (Wildman–Crippen LogP) is 2.60. The van der Waals surface area contributed by atoms with Gasteiger partial charge in [0.15, 0.2) is 0 Å². The molecule has 0 unspecified atom stereocenters. The first-order valence-corrected chi connectivity index (χ1v) is 6.48. The van der Waals surface area contributed by atoms with Crippen LogP contribution in [0, 0.1) is 3.57 Å². The minimum Gasteiger partial charge on any atom is -0.506 e. The molecule has 1 aromatic rings. The van der Waals surface area contributed by atoms with Gasteiger partial charge in [-0.3, -0.25) is 0 Å². The van der Waals surface area contributed by atoms with Crippen LogP contribution in [0.15, 0.2) is 6.07 Å². The van der Waals surface area contributed by atoms with Gasteiger partial charge in [-0.1, -0.05) is 0 Å². The first-order valence-electron chi connectivity index (χ1n) is 5.40. The van der Waals surface area contributed by atoms with Gasteiger partial charge in [-0.05, 0) is 72.5 Å². The molecule has 2 nitrogen and oxygen atoms in total. The molecule has 0 aromatic heterocycles. The summed E-state index contributed by atoms with van der Waals surface area (Å²) in [6.45, 7) is 0.769. The van der Waals surface area contributed by atoms with Crippen molar-refractivity contribution in [1.82, 2.24) is 5.32 Å². The van der Waals surface area contributed by atoms with Crippen LogP contribution >= 0.6 is 22.6 Å². The number of rotatable bonds is 2. The minimum absolute atomic E-state index is 0.477. The van der Waals surface area contributed by atoms with E-state index in [-0.39, 0.29) is 0 Å². The number of benzene rings is 1. The predicted molar refractivity (Wildman–Crippen MR) is 70.2 cm³/mol. The van der Waals surface area contributed by atoms with Crippen molar-refractivity contribution in [3.8, 4) is 5.75 Å². The minimum atomic E-state index is 0.477. The third-order valence-electron chi connectivity index (χ3n) is 3.04. The molecular formula is C12H16INO. The van der Waals surface area contributed by atoms with Gasteiger partial charge >= 0.3 is 0 Å². The van der Waals surface area contributed by atoms with Crippen molar-refractivity contribution in [2.45, 2.75) is 32.2 Å². The van der Waals surface area contributed by atoms with E-state index in [0.717, 1.165) is 22.1 Å². The van der Waals surface area contributed by atoms with E-state index in [4.69, 9.17) is 0 Å². The highest BCUT2D eigenvalue weighted by Crippen LogP contribution is 2.34. The molecule has 0 bridgehead atoms. The van der Waals surface area contributed by atoms with E-state index in [1.54, 1.807) is 0 Å². The first-order chi connectivity index (χ1) is 7.24. The van der Waals surface area contributed by atoms with Gasteiger partial charge in [-0.25, -0.2) is 0 Å². The molecule has 15 heavy (non-hydrogen) atoms. The summed E-state index contributed by atoms with van der Waals surface area (Å²) in [6.07, 6.45) is 4.83. The van der Waals surface area contributed by atoms with Crippen molar-refractivity contribution in [1.29, 1.82) is 0 Å². The molecule has 0 saturated heterocycles. The molecule has 0 aliphatic heterocycles. The van der Waals surface area contributed by atoms with E-state index >= 15 is 0 Å². The van der Waals surface area contributed by atoms with Crippen LogP contribution in [0.1, 0.15) is 29.5 Å². The van der Waals surface area contributed by atoms with Crippen molar-refractivity contribution >= 4 is 22.6 Å². The van der Waals surface area contributed by atoms with Gasteiger partial charge < -0.3 is 10.4 Å². The SMILES string of the molecule is CNCc1c(O)c(I)cc2c1CCCC2. The Balaban J connectivity index is 2.52. The van der Waals surface area contributed by atoms with Gasteiger partial charge in [0.1, 0.15) is 5.75 Å². The first kappa shape index (κ1) is 11.2. The van der Waals surface area contributed by atoms with Crippen LogP contribution < -0.4 is 5.32 Å². The molecule has 0 atom stereocenters. The maximum absolute atomic E-state index is 10.0. The van der Waals surface area contributed by atoms with Gasteiger partial charge in [0.25, 0.3) is 0 Å². The molecule has 0 radical (unpaired) electrons. The number of aromatic hydroxyl groups is 1. The van der Waals surface area contributed by atoms with E-state index in [0.29, 0.717) is 5.75 Å². The number of fused-ring (bicyclic) bond motifs is 1. The number of phenolic OH excluding ortho intramolecular Hbond substituents is 1. The third-order valence-corrected chi connectivity index (χ3v) is 3.86. The molecule has 1 aliphatic rings. The lowest BCUT2D eigenvalue weighted by molar-refractivity contribution is 0.459. The van der Waals surface area contributed by atoms with Gasteiger partial charge in [0.2, 0.25) is 0 Å². The zero-order valence-corrected chi connectivity index (χ0v) is 11.1. The summed E-state index contributed by atoms with van der Waals surface area (Å²) in [5.41, 5.74) is 3.93. The lowest BCUT2D eigenvalue weighted by atomic mass is 9.88. The fourth-order valence-electron chi connectivity index (χ4n) is 2.31. The fourth-order valence-corrected chi connectivity index (χ4v) is 3.01. The largest absolute Gasteiger partial charge is 0.506 e. The second kappa shape index (κ2) is 4.70. The zero-order chi connectivity index (χ0) is 10.8. The fraction of sp³-hybridized carbons (Fsp3) is 0.500. The molecule has 2 N–H and O–H groups in total. The Hall–Kier alpha value is -0.290. The van der Waals surface area contributed by atoms with Gasteiger partial charge in [0.05, 0.1) is 3.57 Å². The Morgan fingerprint density at radius 3 is 2.87 bits per heavy atom. The van der Waals surface area contributed by atoms with Crippen molar-refractivity contribution < 1.29 is 5.11 Å². The van der Waals surface area contributed by atoms with Gasteiger partial charge in [-0.15, -0.1) is 0 Å². The Labute approximate surface area is 104 Å². The second-order valence-electron chi connectivity index (χ2n) is 4.06.